The van der Waals surface area contributed by atoms with E-state index in [0.717, 1.165) is 35.8 Å². The quantitative estimate of drug-likeness (QED) is 0.719. The van der Waals surface area contributed by atoms with E-state index in [2.05, 4.69) is 30.5 Å². The first kappa shape index (κ1) is 17.1. The number of carbonyl (C=O) groups excluding carboxylic acids is 1. The second kappa shape index (κ2) is 6.27. The number of piperidine rings is 1. The van der Waals surface area contributed by atoms with Crippen LogP contribution in [-0.4, -0.2) is 51.4 Å². The summed E-state index contributed by atoms with van der Waals surface area (Å²) in [7, 11) is 2.02. The number of rotatable bonds is 4. The molecule has 2 unspecified atom stereocenters. The lowest BCUT2D eigenvalue weighted by Crippen LogP contribution is -2.30. The Labute approximate surface area is 163 Å². The fourth-order valence-electron chi connectivity index (χ4n) is 4.40. The first-order valence-electron chi connectivity index (χ1n) is 9.55. The van der Waals surface area contributed by atoms with Gasteiger partial charge in [0.25, 0.3) is 5.91 Å². The van der Waals surface area contributed by atoms with Crippen LogP contribution >= 0.6 is 0 Å². The maximum Gasteiger partial charge on any atom is 0.275 e. The molecule has 4 heterocycles. The fraction of sp³-hybridized carbons (Fsp3) is 0.400. The highest BCUT2D eigenvalue weighted by Crippen LogP contribution is 2.46. The van der Waals surface area contributed by atoms with Crippen molar-refractivity contribution in [2.45, 2.75) is 19.9 Å². The average Bonchev–Trinajstić information content (AvgIpc) is 3.00. The van der Waals surface area contributed by atoms with Crippen LogP contribution in [0.5, 0.6) is 0 Å². The highest BCUT2D eigenvalue weighted by atomic mass is 16.1. The second-order valence-corrected chi connectivity index (χ2v) is 7.79. The van der Waals surface area contributed by atoms with Crippen LogP contribution in [-0.2, 0) is 0 Å². The maximum atomic E-state index is 12.6. The Morgan fingerprint density at radius 2 is 1.93 bits per heavy atom. The molecule has 8 nitrogen and oxygen atoms in total. The van der Waals surface area contributed by atoms with E-state index < -0.39 is 0 Å². The van der Waals surface area contributed by atoms with E-state index >= 15 is 0 Å². The number of fused-ring (bicyclic) bond motifs is 2. The van der Waals surface area contributed by atoms with Gasteiger partial charge in [-0.25, -0.2) is 15.0 Å². The number of aromatic nitrogens is 4. The monoisotopic (exact) mass is 377 g/mol. The van der Waals surface area contributed by atoms with Gasteiger partial charge in [0.2, 0.25) is 0 Å². The summed E-state index contributed by atoms with van der Waals surface area (Å²) in [4.78, 5) is 28.1. The number of pyridine rings is 1. The van der Waals surface area contributed by atoms with Crippen LogP contribution in [0.4, 0.5) is 11.5 Å². The molecule has 1 amide bonds. The summed E-state index contributed by atoms with van der Waals surface area (Å²) >= 11 is 0. The van der Waals surface area contributed by atoms with Gasteiger partial charge in [-0.1, -0.05) is 0 Å². The third-order valence-corrected chi connectivity index (χ3v) is 5.84. The van der Waals surface area contributed by atoms with Gasteiger partial charge in [0, 0.05) is 31.5 Å². The Morgan fingerprint density at radius 1 is 1.14 bits per heavy atom. The summed E-state index contributed by atoms with van der Waals surface area (Å²) in [5, 5.41) is 6.26. The Bertz CT molecular complexity index is 1050. The van der Waals surface area contributed by atoms with Crippen LogP contribution in [0.2, 0.25) is 0 Å². The number of nitrogens with zero attached hydrogens (tertiary/aromatic N) is 5. The summed E-state index contributed by atoms with van der Waals surface area (Å²) in [5.74, 6) is 1.98. The molecule has 0 spiro atoms. The molecule has 144 valence electrons. The molecular formula is C20H23N7O. The molecule has 0 bridgehead atoms. The molecule has 3 aromatic heterocycles. The highest BCUT2D eigenvalue weighted by Gasteiger charge is 2.55. The summed E-state index contributed by atoms with van der Waals surface area (Å²) in [6.07, 6.45) is 7.04. The van der Waals surface area contributed by atoms with Gasteiger partial charge in [0.1, 0.15) is 17.2 Å². The van der Waals surface area contributed by atoms with Crippen molar-refractivity contribution >= 4 is 23.1 Å². The van der Waals surface area contributed by atoms with E-state index in [1.807, 2.05) is 43.8 Å². The molecule has 0 aromatic carbocycles. The molecule has 2 N–H and O–H groups in total. The fourth-order valence-corrected chi connectivity index (χ4v) is 4.40. The Hall–Kier alpha value is -3.00. The van der Waals surface area contributed by atoms with Gasteiger partial charge >= 0.3 is 0 Å². The van der Waals surface area contributed by atoms with E-state index in [1.165, 1.54) is 0 Å². The molecule has 28 heavy (non-hydrogen) atoms. The van der Waals surface area contributed by atoms with Crippen molar-refractivity contribution in [3.8, 4) is 0 Å². The Balaban J connectivity index is 1.28. The third kappa shape index (κ3) is 2.80. The molecule has 1 saturated heterocycles. The number of imidazole rings is 1. The smallest absolute Gasteiger partial charge is 0.275 e. The van der Waals surface area contributed by atoms with Gasteiger partial charge in [-0.3, -0.25) is 4.79 Å². The topological polar surface area (TPSA) is 87.5 Å². The lowest BCUT2D eigenvalue weighted by Gasteiger charge is -2.20. The molecule has 8 heteroatoms. The zero-order chi connectivity index (χ0) is 19.4. The SMILES string of the molecule is CNC1C2CN(c3cnc(C(=O)Nc4cc(C)c5nc(C)cn5c4)cn3)CC21. The lowest BCUT2D eigenvalue weighted by atomic mass is 10.2. The number of carbonyl (C=O) groups is 1. The van der Waals surface area contributed by atoms with Gasteiger partial charge < -0.3 is 19.9 Å². The predicted molar refractivity (Wildman–Crippen MR) is 107 cm³/mol. The number of hydrogen-bond donors (Lipinski definition) is 2. The summed E-state index contributed by atoms with van der Waals surface area (Å²) in [6, 6.07) is 2.56. The van der Waals surface area contributed by atoms with Crippen molar-refractivity contribution in [3.05, 3.63) is 47.8 Å². The first-order valence-corrected chi connectivity index (χ1v) is 9.55. The molecule has 2 fully saturated rings. The maximum absolute atomic E-state index is 12.6. The van der Waals surface area contributed by atoms with Crippen LogP contribution in [0, 0.1) is 25.7 Å². The second-order valence-electron chi connectivity index (χ2n) is 7.79. The molecular weight excluding hydrogens is 354 g/mol. The zero-order valence-corrected chi connectivity index (χ0v) is 16.2. The van der Waals surface area contributed by atoms with Gasteiger partial charge in [-0.05, 0) is 44.4 Å². The van der Waals surface area contributed by atoms with Crippen molar-refractivity contribution in [3.63, 3.8) is 0 Å². The number of nitrogens with one attached hydrogen (secondary N) is 2. The lowest BCUT2D eigenvalue weighted by molar-refractivity contribution is 0.102. The van der Waals surface area contributed by atoms with E-state index in [4.69, 9.17) is 0 Å². The third-order valence-electron chi connectivity index (χ3n) is 5.84. The number of aryl methyl sites for hydroxylation is 2. The van der Waals surface area contributed by atoms with Gasteiger partial charge in [-0.15, -0.1) is 0 Å². The summed E-state index contributed by atoms with van der Waals surface area (Å²) < 4.78 is 1.92. The molecule has 3 aromatic rings. The van der Waals surface area contributed by atoms with Gasteiger partial charge in [0.05, 0.1) is 23.8 Å². The van der Waals surface area contributed by atoms with Crippen LogP contribution in [0.3, 0.4) is 0 Å². The zero-order valence-electron chi connectivity index (χ0n) is 16.2. The molecule has 2 atom stereocenters. The largest absolute Gasteiger partial charge is 0.355 e. The molecule has 1 aliphatic carbocycles. The van der Waals surface area contributed by atoms with Crippen molar-refractivity contribution < 1.29 is 4.79 Å². The van der Waals surface area contributed by atoms with Crippen molar-refractivity contribution in [1.82, 2.24) is 24.7 Å². The Morgan fingerprint density at radius 3 is 2.61 bits per heavy atom. The van der Waals surface area contributed by atoms with Crippen LogP contribution < -0.4 is 15.5 Å². The highest BCUT2D eigenvalue weighted by molar-refractivity contribution is 6.02. The molecule has 2 aliphatic rings. The van der Waals surface area contributed by atoms with Gasteiger partial charge in [0.15, 0.2) is 0 Å². The minimum Gasteiger partial charge on any atom is -0.355 e. The van der Waals surface area contributed by atoms with E-state index in [9.17, 15) is 4.79 Å². The minimum absolute atomic E-state index is 0.269. The van der Waals surface area contributed by atoms with E-state index in [0.29, 0.717) is 29.3 Å². The summed E-state index contributed by atoms with van der Waals surface area (Å²) in [5.41, 5.74) is 3.84. The van der Waals surface area contributed by atoms with E-state index in [1.54, 1.807) is 12.4 Å². The van der Waals surface area contributed by atoms with Crippen molar-refractivity contribution in [1.29, 1.82) is 0 Å². The first-order chi connectivity index (χ1) is 13.5. The average molecular weight is 377 g/mol. The van der Waals surface area contributed by atoms with E-state index in [-0.39, 0.29) is 5.91 Å². The van der Waals surface area contributed by atoms with Crippen molar-refractivity contribution in [2.75, 3.05) is 30.4 Å². The van der Waals surface area contributed by atoms with Crippen LogP contribution in [0.15, 0.2) is 30.9 Å². The molecule has 0 radical (unpaired) electrons. The number of hydrogen-bond acceptors (Lipinski definition) is 6. The standard InChI is InChI=1S/C20H23N7O/c1-11-4-13(8-27-7-12(2)24-19(11)27)25-20(28)16-5-23-17(6-22-16)26-9-14-15(10-26)18(14)21-3/h4-8,14-15,18,21H,9-10H2,1-3H3,(H,25,28). The minimum atomic E-state index is -0.269. The summed E-state index contributed by atoms with van der Waals surface area (Å²) in [6.45, 7) is 5.93. The van der Waals surface area contributed by atoms with Crippen LogP contribution in [0.25, 0.3) is 5.65 Å². The molecule has 5 rings (SSSR count). The molecule has 1 saturated carbocycles. The molecule has 1 aliphatic heterocycles. The Kier molecular flexibility index (Phi) is 3.83. The normalized spacial score (nSPS) is 23.1. The van der Waals surface area contributed by atoms with Gasteiger partial charge in [-0.2, -0.15) is 0 Å². The number of anilines is 2. The number of amides is 1. The van der Waals surface area contributed by atoms with Crippen molar-refractivity contribution in [2.24, 2.45) is 11.8 Å². The predicted octanol–water partition coefficient (Wildman–Crippen LogP) is 1.65. The van der Waals surface area contributed by atoms with Crippen LogP contribution in [0.1, 0.15) is 21.7 Å².